The van der Waals surface area contributed by atoms with Crippen LogP contribution < -0.4 is 4.74 Å². The SMILES string of the molecule is CCCCc1ccc(Oc2ccc([C@H](O)CC)cc2)cc1. The molecule has 0 bridgehead atoms. The molecule has 0 amide bonds. The highest BCUT2D eigenvalue weighted by molar-refractivity contribution is 5.35. The average Bonchev–Trinajstić information content (AvgIpc) is 2.54. The quantitative estimate of drug-likeness (QED) is 0.751. The molecule has 0 unspecified atom stereocenters. The topological polar surface area (TPSA) is 29.5 Å². The second-order valence-electron chi connectivity index (χ2n) is 5.34. The summed E-state index contributed by atoms with van der Waals surface area (Å²) in [5.74, 6) is 1.64. The lowest BCUT2D eigenvalue weighted by molar-refractivity contribution is 0.173. The van der Waals surface area contributed by atoms with Gasteiger partial charge in [0.25, 0.3) is 0 Å². The van der Waals surface area contributed by atoms with Crippen LogP contribution in [0.5, 0.6) is 11.5 Å². The van der Waals surface area contributed by atoms with Gasteiger partial charge in [-0.3, -0.25) is 0 Å². The van der Waals surface area contributed by atoms with E-state index in [9.17, 15) is 5.11 Å². The van der Waals surface area contributed by atoms with Crippen LogP contribution in [0.2, 0.25) is 0 Å². The van der Waals surface area contributed by atoms with Gasteiger partial charge in [-0.15, -0.1) is 0 Å². The minimum absolute atomic E-state index is 0.392. The maximum atomic E-state index is 9.77. The van der Waals surface area contributed by atoms with Crippen molar-refractivity contribution < 1.29 is 9.84 Å². The molecule has 2 aromatic carbocycles. The molecule has 1 N–H and O–H groups in total. The van der Waals surface area contributed by atoms with Crippen LogP contribution in [0.1, 0.15) is 50.3 Å². The lowest BCUT2D eigenvalue weighted by Crippen LogP contribution is -1.94. The summed E-state index contributed by atoms with van der Waals surface area (Å²) in [5.41, 5.74) is 2.28. The first-order chi connectivity index (χ1) is 10.2. The number of rotatable bonds is 7. The molecule has 0 heterocycles. The van der Waals surface area contributed by atoms with E-state index in [0.29, 0.717) is 0 Å². The maximum absolute atomic E-state index is 9.77. The molecule has 0 fully saturated rings. The smallest absolute Gasteiger partial charge is 0.127 e. The minimum Gasteiger partial charge on any atom is -0.457 e. The van der Waals surface area contributed by atoms with Crippen LogP contribution in [-0.2, 0) is 6.42 Å². The van der Waals surface area contributed by atoms with Crippen LogP contribution in [0.4, 0.5) is 0 Å². The van der Waals surface area contributed by atoms with Gasteiger partial charge in [0.05, 0.1) is 6.10 Å². The lowest BCUT2D eigenvalue weighted by Gasteiger charge is -2.10. The molecule has 0 aliphatic carbocycles. The van der Waals surface area contributed by atoms with Crippen LogP contribution in [0.15, 0.2) is 48.5 Å². The summed E-state index contributed by atoms with van der Waals surface area (Å²) in [6.07, 6.45) is 3.90. The summed E-state index contributed by atoms with van der Waals surface area (Å²) in [7, 11) is 0. The summed E-state index contributed by atoms with van der Waals surface area (Å²) >= 11 is 0. The summed E-state index contributed by atoms with van der Waals surface area (Å²) in [6.45, 7) is 4.17. The molecule has 0 aliphatic rings. The fourth-order valence-electron chi connectivity index (χ4n) is 2.23. The van der Waals surface area contributed by atoms with Crippen LogP contribution in [0.3, 0.4) is 0 Å². The second kappa shape index (κ2) is 7.84. The van der Waals surface area contributed by atoms with E-state index in [2.05, 4.69) is 19.1 Å². The fourth-order valence-corrected chi connectivity index (χ4v) is 2.23. The molecule has 0 aromatic heterocycles. The van der Waals surface area contributed by atoms with Crippen LogP contribution in [-0.4, -0.2) is 5.11 Å². The van der Waals surface area contributed by atoms with Crippen molar-refractivity contribution in [1.29, 1.82) is 0 Å². The van der Waals surface area contributed by atoms with Gasteiger partial charge in [0.15, 0.2) is 0 Å². The Labute approximate surface area is 127 Å². The molecule has 0 spiro atoms. The second-order valence-corrected chi connectivity index (χ2v) is 5.34. The zero-order valence-corrected chi connectivity index (χ0v) is 12.9. The molecule has 0 saturated carbocycles. The first-order valence-corrected chi connectivity index (χ1v) is 7.77. The molecule has 1 atom stereocenters. The summed E-state index contributed by atoms with van der Waals surface area (Å²) in [5, 5.41) is 9.77. The van der Waals surface area contributed by atoms with E-state index in [1.54, 1.807) is 0 Å². The highest BCUT2D eigenvalue weighted by atomic mass is 16.5. The maximum Gasteiger partial charge on any atom is 0.127 e. The number of hydrogen-bond acceptors (Lipinski definition) is 2. The number of aliphatic hydroxyl groups excluding tert-OH is 1. The van der Waals surface area contributed by atoms with Gasteiger partial charge < -0.3 is 9.84 Å². The monoisotopic (exact) mass is 284 g/mol. The first-order valence-electron chi connectivity index (χ1n) is 7.77. The Hall–Kier alpha value is -1.80. The Morgan fingerprint density at radius 3 is 2.00 bits per heavy atom. The van der Waals surface area contributed by atoms with Gasteiger partial charge in [-0.05, 0) is 54.7 Å². The van der Waals surface area contributed by atoms with Gasteiger partial charge in [-0.25, -0.2) is 0 Å². The minimum atomic E-state index is -0.392. The summed E-state index contributed by atoms with van der Waals surface area (Å²) in [6, 6.07) is 15.9. The molecule has 112 valence electrons. The van der Waals surface area contributed by atoms with Crippen LogP contribution in [0.25, 0.3) is 0 Å². The van der Waals surface area contributed by atoms with Crippen molar-refractivity contribution in [2.75, 3.05) is 0 Å². The number of aryl methyl sites for hydroxylation is 1. The van der Waals surface area contributed by atoms with Gasteiger partial charge in [-0.2, -0.15) is 0 Å². The van der Waals surface area contributed by atoms with Gasteiger partial charge in [0.2, 0.25) is 0 Å². The third-order valence-electron chi connectivity index (χ3n) is 3.63. The Bertz CT molecular complexity index is 528. The number of aliphatic hydroxyl groups is 1. The van der Waals surface area contributed by atoms with E-state index in [1.165, 1.54) is 18.4 Å². The largest absolute Gasteiger partial charge is 0.457 e. The summed E-state index contributed by atoms with van der Waals surface area (Å²) in [4.78, 5) is 0. The van der Waals surface area contributed by atoms with Gasteiger partial charge in [-0.1, -0.05) is 44.5 Å². The van der Waals surface area contributed by atoms with Crippen LogP contribution in [0, 0.1) is 0 Å². The normalized spacial score (nSPS) is 12.1. The van der Waals surface area contributed by atoms with Crippen LogP contribution >= 0.6 is 0 Å². The van der Waals surface area contributed by atoms with Crippen molar-refractivity contribution in [3.8, 4) is 11.5 Å². The van der Waals surface area contributed by atoms with Gasteiger partial charge >= 0.3 is 0 Å². The lowest BCUT2D eigenvalue weighted by atomic mass is 10.1. The molecular weight excluding hydrogens is 260 g/mol. The van der Waals surface area contributed by atoms with Gasteiger partial charge in [0, 0.05) is 0 Å². The number of ether oxygens (including phenoxy) is 1. The van der Waals surface area contributed by atoms with Gasteiger partial charge in [0.1, 0.15) is 11.5 Å². The Kier molecular flexibility index (Phi) is 5.82. The Morgan fingerprint density at radius 1 is 0.905 bits per heavy atom. The van der Waals surface area contributed by atoms with Crippen molar-refractivity contribution in [3.05, 3.63) is 59.7 Å². The molecule has 2 aromatic rings. The fraction of sp³-hybridized carbons (Fsp3) is 0.368. The summed E-state index contributed by atoms with van der Waals surface area (Å²) < 4.78 is 5.82. The van der Waals surface area contributed by atoms with Crippen molar-refractivity contribution in [2.24, 2.45) is 0 Å². The number of benzene rings is 2. The predicted octanol–water partition coefficient (Wildman–Crippen LogP) is 5.26. The highest BCUT2D eigenvalue weighted by Crippen LogP contribution is 2.24. The molecular formula is C19H24O2. The molecule has 21 heavy (non-hydrogen) atoms. The molecule has 2 rings (SSSR count). The zero-order valence-electron chi connectivity index (χ0n) is 12.9. The first kappa shape index (κ1) is 15.6. The van der Waals surface area contributed by atoms with E-state index in [-0.39, 0.29) is 0 Å². The molecule has 0 saturated heterocycles. The van der Waals surface area contributed by atoms with E-state index in [4.69, 9.17) is 4.74 Å². The molecule has 2 nitrogen and oxygen atoms in total. The predicted molar refractivity (Wildman–Crippen MR) is 86.8 cm³/mol. The van der Waals surface area contributed by atoms with E-state index in [1.807, 2.05) is 43.3 Å². The van der Waals surface area contributed by atoms with Crippen molar-refractivity contribution in [1.82, 2.24) is 0 Å². The third kappa shape index (κ3) is 4.61. The third-order valence-corrected chi connectivity index (χ3v) is 3.63. The number of hydrogen-bond donors (Lipinski definition) is 1. The molecule has 0 aliphatic heterocycles. The zero-order chi connectivity index (χ0) is 15.1. The van der Waals surface area contributed by atoms with E-state index >= 15 is 0 Å². The number of unbranched alkanes of at least 4 members (excludes halogenated alkanes) is 1. The van der Waals surface area contributed by atoms with Crippen molar-refractivity contribution in [3.63, 3.8) is 0 Å². The van der Waals surface area contributed by atoms with E-state index in [0.717, 1.165) is 29.9 Å². The van der Waals surface area contributed by atoms with Crippen molar-refractivity contribution >= 4 is 0 Å². The van der Waals surface area contributed by atoms with Crippen molar-refractivity contribution in [2.45, 2.75) is 45.6 Å². The average molecular weight is 284 g/mol. The highest BCUT2D eigenvalue weighted by Gasteiger charge is 2.05. The molecule has 2 heteroatoms. The standard InChI is InChI=1S/C19H24O2/c1-3-5-6-15-7-11-17(12-8-15)21-18-13-9-16(10-14-18)19(20)4-2/h7-14,19-20H,3-6H2,1-2H3/t19-/m1/s1. The Balaban J connectivity index is 1.97. The Morgan fingerprint density at radius 2 is 1.48 bits per heavy atom. The van der Waals surface area contributed by atoms with E-state index < -0.39 is 6.10 Å². The molecule has 0 radical (unpaired) electrons.